The number of thiophene rings is 1. The average Bonchev–Trinajstić information content (AvgIpc) is 3.26. The number of hydrogen-bond donors (Lipinski definition) is 1. The molecule has 0 fully saturated rings. The van der Waals surface area contributed by atoms with Crippen LogP contribution >= 0.6 is 11.3 Å². The Morgan fingerprint density at radius 2 is 2.17 bits per heavy atom. The SMILES string of the molecule is COC(=O)c1sccc1S(=O)(=O)Nc1ccc(-n2cccn2)nc1. The van der Waals surface area contributed by atoms with E-state index in [0.717, 1.165) is 11.3 Å². The van der Waals surface area contributed by atoms with E-state index < -0.39 is 16.0 Å². The first-order valence-electron chi connectivity index (χ1n) is 6.66. The molecule has 0 unspecified atom stereocenters. The van der Waals surface area contributed by atoms with Crippen LogP contribution in [-0.2, 0) is 14.8 Å². The third-order valence-corrected chi connectivity index (χ3v) is 5.48. The molecule has 0 atom stereocenters. The van der Waals surface area contributed by atoms with Crippen molar-refractivity contribution in [3.8, 4) is 5.82 Å². The fraction of sp³-hybridized carbons (Fsp3) is 0.0714. The molecule has 0 saturated carbocycles. The van der Waals surface area contributed by atoms with Crippen LogP contribution in [0.5, 0.6) is 0 Å². The standard InChI is InChI=1S/C14H12N4O4S2/c1-22-14(19)13-11(5-8-23-13)24(20,21)17-10-3-4-12(15-9-10)18-7-2-6-16-18/h2-9,17H,1H3. The molecule has 0 aromatic carbocycles. The molecule has 0 amide bonds. The van der Waals surface area contributed by atoms with Crippen LogP contribution in [0.3, 0.4) is 0 Å². The fourth-order valence-corrected chi connectivity index (χ4v) is 4.33. The van der Waals surface area contributed by atoms with Gasteiger partial charge in [0.25, 0.3) is 10.0 Å². The van der Waals surface area contributed by atoms with Gasteiger partial charge in [0.2, 0.25) is 0 Å². The van der Waals surface area contributed by atoms with Crippen molar-refractivity contribution in [2.45, 2.75) is 4.90 Å². The molecular formula is C14H12N4O4S2. The van der Waals surface area contributed by atoms with Gasteiger partial charge in [0.15, 0.2) is 5.82 Å². The summed E-state index contributed by atoms with van der Waals surface area (Å²) in [5, 5.41) is 5.55. The highest BCUT2D eigenvalue weighted by molar-refractivity contribution is 7.93. The molecule has 10 heteroatoms. The topological polar surface area (TPSA) is 103 Å². The van der Waals surface area contributed by atoms with Gasteiger partial charge in [0.1, 0.15) is 9.77 Å². The summed E-state index contributed by atoms with van der Waals surface area (Å²) < 4.78 is 33.5. The van der Waals surface area contributed by atoms with Gasteiger partial charge in [-0.15, -0.1) is 11.3 Å². The van der Waals surface area contributed by atoms with Crippen molar-refractivity contribution in [3.63, 3.8) is 0 Å². The third-order valence-electron chi connectivity index (χ3n) is 3.03. The number of anilines is 1. The molecule has 3 heterocycles. The first-order valence-corrected chi connectivity index (χ1v) is 9.02. The lowest BCUT2D eigenvalue weighted by Gasteiger charge is -2.08. The van der Waals surface area contributed by atoms with Crippen molar-refractivity contribution in [1.29, 1.82) is 0 Å². The smallest absolute Gasteiger partial charge is 0.349 e. The van der Waals surface area contributed by atoms with Crippen molar-refractivity contribution in [2.75, 3.05) is 11.8 Å². The van der Waals surface area contributed by atoms with Gasteiger partial charge in [0.05, 0.1) is 19.0 Å². The number of hydrogen-bond acceptors (Lipinski definition) is 7. The predicted molar refractivity (Wildman–Crippen MR) is 87.8 cm³/mol. The molecule has 8 nitrogen and oxygen atoms in total. The molecule has 124 valence electrons. The minimum Gasteiger partial charge on any atom is -0.465 e. The first-order chi connectivity index (χ1) is 11.5. The summed E-state index contributed by atoms with van der Waals surface area (Å²) in [5.74, 6) is -0.147. The monoisotopic (exact) mass is 364 g/mol. The minimum atomic E-state index is -3.93. The second kappa shape index (κ2) is 6.42. The molecule has 0 spiro atoms. The maximum absolute atomic E-state index is 12.5. The van der Waals surface area contributed by atoms with Crippen LogP contribution in [0.2, 0.25) is 0 Å². The fourth-order valence-electron chi connectivity index (χ4n) is 1.95. The number of nitrogens with zero attached hydrogens (tertiary/aromatic N) is 3. The maximum Gasteiger partial charge on any atom is 0.349 e. The number of aromatic nitrogens is 3. The molecule has 24 heavy (non-hydrogen) atoms. The van der Waals surface area contributed by atoms with Gasteiger partial charge in [-0.1, -0.05) is 0 Å². The highest BCUT2D eigenvalue weighted by Gasteiger charge is 2.24. The van der Waals surface area contributed by atoms with Gasteiger partial charge in [-0.2, -0.15) is 5.10 Å². The van der Waals surface area contributed by atoms with Crippen LogP contribution in [0, 0.1) is 0 Å². The molecule has 3 aromatic heterocycles. The van der Waals surface area contributed by atoms with Crippen LogP contribution in [-0.4, -0.2) is 36.3 Å². The molecule has 0 bridgehead atoms. The highest BCUT2D eigenvalue weighted by atomic mass is 32.2. The number of esters is 1. The number of methoxy groups -OCH3 is 1. The summed E-state index contributed by atoms with van der Waals surface area (Å²) in [6, 6.07) is 6.29. The van der Waals surface area contributed by atoms with Crippen LogP contribution in [0.4, 0.5) is 5.69 Å². The van der Waals surface area contributed by atoms with E-state index in [0.29, 0.717) is 5.82 Å². The zero-order chi connectivity index (χ0) is 17.2. The van der Waals surface area contributed by atoms with Crippen LogP contribution in [0.15, 0.2) is 53.1 Å². The van der Waals surface area contributed by atoms with Gasteiger partial charge < -0.3 is 4.74 Å². The number of rotatable bonds is 5. The van der Waals surface area contributed by atoms with E-state index in [9.17, 15) is 13.2 Å². The normalized spacial score (nSPS) is 11.2. The lowest BCUT2D eigenvalue weighted by atomic mass is 10.4. The molecular weight excluding hydrogens is 352 g/mol. The summed E-state index contributed by atoms with van der Waals surface area (Å²) in [5.41, 5.74) is 0.271. The number of ether oxygens (including phenoxy) is 1. The van der Waals surface area contributed by atoms with Crippen LogP contribution in [0.1, 0.15) is 9.67 Å². The molecule has 3 rings (SSSR count). The Bertz CT molecular complexity index is 947. The summed E-state index contributed by atoms with van der Waals surface area (Å²) in [6.45, 7) is 0. The quantitative estimate of drug-likeness (QED) is 0.694. The number of pyridine rings is 1. The van der Waals surface area contributed by atoms with Gasteiger partial charge in [0, 0.05) is 12.4 Å². The molecule has 0 saturated heterocycles. The Labute approximate surface area is 141 Å². The molecule has 1 N–H and O–H groups in total. The molecule has 0 aliphatic carbocycles. The Balaban J connectivity index is 1.85. The van der Waals surface area contributed by atoms with E-state index in [1.165, 1.54) is 24.8 Å². The summed E-state index contributed by atoms with van der Waals surface area (Å²) in [7, 11) is -2.73. The summed E-state index contributed by atoms with van der Waals surface area (Å²) >= 11 is 0.999. The van der Waals surface area contributed by atoms with E-state index in [-0.39, 0.29) is 15.5 Å². The van der Waals surface area contributed by atoms with Crippen molar-refractivity contribution in [1.82, 2.24) is 14.8 Å². The first kappa shape index (κ1) is 16.1. The largest absolute Gasteiger partial charge is 0.465 e. The Morgan fingerprint density at radius 3 is 2.79 bits per heavy atom. The van der Waals surface area contributed by atoms with Crippen molar-refractivity contribution >= 4 is 33.0 Å². The molecule has 0 aliphatic rings. The second-order valence-corrected chi connectivity index (χ2v) is 7.13. The van der Waals surface area contributed by atoms with Crippen molar-refractivity contribution in [2.24, 2.45) is 0 Å². The number of carbonyl (C=O) groups is 1. The molecule has 0 radical (unpaired) electrons. The van der Waals surface area contributed by atoms with E-state index in [4.69, 9.17) is 0 Å². The van der Waals surface area contributed by atoms with Gasteiger partial charge >= 0.3 is 5.97 Å². The average molecular weight is 364 g/mol. The zero-order valence-corrected chi connectivity index (χ0v) is 14.0. The van der Waals surface area contributed by atoms with Crippen LogP contribution in [0.25, 0.3) is 5.82 Å². The van der Waals surface area contributed by atoms with Crippen molar-refractivity contribution < 1.29 is 17.9 Å². The third kappa shape index (κ3) is 3.14. The van der Waals surface area contributed by atoms with E-state index in [1.54, 1.807) is 35.3 Å². The summed E-state index contributed by atoms with van der Waals surface area (Å²) in [4.78, 5) is 15.7. The lowest BCUT2D eigenvalue weighted by molar-refractivity contribution is 0.0602. The van der Waals surface area contributed by atoms with E-state index >= 15 is 0 Å². The Hall–Kier alpha value is -2.72. The van der Waals surface area contributed by atoms with Gasteiger partial charge in [-0.3, -0.25) is 4.72 Å². The Kier molecular flexibility index (Phi) is 4.32. The summed E-state index contributed by atoms with van der Waals surface area (Å²) in [6.07, 6.45) is 4.71. The predicted octanol–water partition coefficient (Wildman–Crippen LogP) is 1.92. The van der Waals surface area contributed by atoms with E-state index in [1.807, 2.05) is 0 Å². The number of carbonyl (C=O) groups excluding carboxylic acids is 1. The van der Waals surface area contributed by atoms with Gasteiger partial charge in [-0.05, 0) is 29.6 Å². The zero-order valence-electron chi connectivity index (χ0n) is 12.4. The maximum atomic E-state index is 12.5. The lowest BCUT2D eigenvalue weighted by Crippen LogP contribution is -2.16. The van der Waals surface area contributed by atoms with E-state index in [2.05, 4.69) is 19.5 Å². The minimum absolute atomic E-state index is 0.0196. The number of nitrogens with one attached hydrogen (secondary N) is 1. The Morgan fingerprint density at radius 1 is 1.33 bits per heavy atom. The number of sulfonamides is 1. The highest BCUT2D eigenvalue weighted by Crippen LogP contribution is 2.25. The van der Waals surface area contributed by atoms with Crippen LogP contribution < -0.4 is 4.72 Å². The molecule has 0 aliphatic heterocycles. The van der Waals surface area contributed by atoms with Crippen molar-refractivity contribution in [3.05, 3.63) is 53.1 Å². The van der Waals surface area contributed by atoms with Gasteiger partial charge in [-0.25, -0.2) is 22.9 Å². The second-order valence-electron chi connectivity index (χ2n) is 4.57. The molecule has 3 aromatic rings.